The first-order valence-electron chi connectivity index (χ1n) is 4.79. The Balaban J connectivity index is 3.06. The predicted octanol–water partition coefficient (Wildman–Crippen LogP) is 1.09. The third-order valence-corrected chi connectivity index (χ3v) is 3.87. The normalized spacial score (nSPS) is 25.7. The minimum absolute atomic E-state index is 0.0592. The Labute approximate surface area is 119 Å². The van der Waals surface area contributed by atoms with Gasteiger partial charge >= 0.3 is 5.97 Å². The van der Waals surface area contributed by atoms with Gasteiger partial charge in [-0.25, -0.2) is 0 Å². The Kier molecular flexibility index (Phi) is 4.65. The number of nitro groups is 1. The van der Waals surface area contributed by atoms with Crippen molar-refractivity contribution in [2.75, 3.05) is 0 Å². The Morgan fingerprint density at radius 3 is 2.72 bits per heavy atom. The fourth-order valence-electron chi connectivity index (χ4n) is 1.45. The highest BCUT2D eigenvalue weighted by Gasteiger charge is 2.42. The zero-order valence-electron chi connectivity index (χ0n) is 8.97. The van der Waals surface area contributed by atoms with Gasteiger partial charge in [-0.3, -0.25) is 14.9 Å². The van der Waals surface area contributed by atoms with E-state index in [1.807, 2.05) is 0 Å². The van der Waals surface area contributed by atoms with E-state index in [1.54, 1.807) is 0 Å². The van der Waals surface area contributed by atoms with E-state index in [9.17, 15) is 20.0 Å². The third kappa shape index (κ3) is 3.37. The average Bonchev–Trinajstić information content (AvgIpc) is 2.20. The SMILES string of the molecule is N[C@@H](CC1=C(Br)CC(O)(Br)C([N+](=O)[O-])=C1)C(=O)O. The molecule has 0 saturated heterocycles. The van der Waals surface area contributed by atoms with Gasteiger partial charge < -0.3 is 15.9 Å². The van der Waals surface area contributed by atoms with E-state index in [-0.39, 0.29) is 12.8 Å². The smallest absolute Gasteiger partial charge is 0.320 e. The third-order valence-electron chi connectivity index (χ3n) is 2.40. The lowest BCUT2D eigenvalue weighted by Crippen LogP contribution is -2.33. The molecule has 0 bridgehead atoms. The average molecular weight is 386 g/mol. The standard InChI is InChI=1S/C9H10Br2N2O5/c10-5-3-9(11,16)7(13(17)18)2-4(5)1-6(12)8(14)15/h2,6,16H,1,3,12H2,(H,14,15)/t6-,9?/m0/s1. The Hall–Kier alpha value is -0.770. The molecule has 100 valence electrons. The molecule has 0 amide bonds. The second-order valence-electron chi connectivity index (χ2n) is 3.80. The number of alkyl halides is 1. The summed E-state index contributed by atoms with van der Waals surface area (Å²) in [4.78, 5) is 20.7. The number of carboxylic acids is 1. The van der Waals surface area contributed by atoms with Crippen molar-refractivity contribution in [3.63, 3.8) is 0 Å². The van der Waals surface area contributed by atoms with Gasteiger partial charge in [-0.05, 0) is 27.9 Å². The van der Waals surface area contributed by atoms with Crippen LogP contribution in [-0.4, -0.2) is 31.7 Å². The summed E-state index contributed by atoms with van der Waals surface area (Å²) in [6, 6.07) is -1.15. The van der Waals surface area contributed by atoms with Gasteiger partial charge in [0.1, 0.15) is 6.04 Å². The van der Waals surface area contributed by atoms with Crippen LogP contribution in [0.25, 0.3) is 0 Å². The van der Waals surface area contributed by atoms with E-state index in [0.717, 1.165) is 6.08 Å². The van der Waals surface area contributed by atoms with Gasteiger partial charge in [0.05, 0.1) is 4.92 Å². The van der Waals surface area contributed by atoms with E-state index in [0.29, 0.717) is 10.1 Å². The molecule has 0 aromatic rings. The van der Waals surface area contributed by atoms with Gasteiger partial charge in [0.25, 0.3) is 5.70 Å². The highest BCUT2D eigenvalue weighted by molar-refractivity contribution is 9.12. The fraction of sp³-hybridized carbons (Fsp3) is 0.444. The summed E-state index contributed by atoms with van der Waals surface area (Å²) in [6.07, 6.45) is 1.00. The molecule has 18 heavy (non-hydrogen) atoms. The van der Waals surface area contributed by atoms with Crippen LogP contribution in [0, 0.1) is 10.1 Å². The molecule has 0 fully saturated rings. The number of halogens is 2. The molecule has 1 rings (SSSR count). The van der Waals surface area contributed by atoms with E-state index in [2.05, 4.69) is 31.9 Å². The molecule has 0 aromatic heterocycles. The maximum atomic E-state index is 10.8. The summed E-state index contributed by atoms with van der Waals surface area (Å²) in [5.74, 6) is -1.20. The van der Waals surface area contributed by atoms with E-state index in [1.165, 1.54) is 0 Å². The first-order chi connectivity index (χ1) is 8.15. The number of hydrogen-bond donors (Lipinski definition) is 3. The van der Waals surface area contributed by atoms with Gasteiger partial charge in [-0.2, -0.15) is 0 Å². The van der Waals surface area contributed by atoms with Crippen LogP contribution in [0.5, 0.6) is 0 Å². The molecule has 1 aliphatic carbocycles. The van der Waals surface area contributed by atoms with Crippen molar-refractivity contribution in [2.24, 2.45) is 5.73 Å². The van der Waals surface area contributed by atoms with Gasteiger partial charge in [0.2, 0.25) is 4.51 Å². The second kappa shape index (κ2) is 5.47. The zero-order valence-corrected chi connectivity index (χ0v) is 12.1. The molecule has 0 radical (unpaired) electrons. The zero-order chi connectivity index (χ0) is 14.1. The lowest BCUT2D eigenvalue weighted by atomic mass is 9.97. The minimum Gasteiger partial charge on any atom is -0.480 e. The summed E-state index contributed by atoms with van der Waals surface area (Å²) >= 11 is 6.01. The van der Waals surface area contributed by atoms with Crippen LogP contribution < -0.4 is 5.73 Å². The molecule has 1 aliphatic rings. The van der Waals surface area contributed by atoms with Crippen molar-refractivity contribution in [1.29, 1.82) is 0 Å². The number of hydrogen-bond acceptors (Lipinski definition) is 5. The molecule has 0 aromatic carbocycles. The second-order valence-corrected chi connectivity index (χ2v) is 6.07. The molecule has 2 atom stereocenters. The van der Waals surface area contributed by atoms with Crippen molar-refractivity contribution < 1.29 is 19.9 Å². The summed E-state index contributed by atoms with van der Waals surface area (Å²) < 4.78 is -1.30. The Morgan fingerprint density at radius 2 is 2.28 bits per heavy atom. The fourth-order valence-corrected chi connectivity index (χ4v) is 3.05. The Bertz CT molecular complexity index is 458. The number of nitrogens with two attached hydrogens (primary N) is 1. The van der Waals surface area contributed by atoms with Gasteiger partial charge in [0.15, 0.2) is 0 Å². The van der Waals surface area contributed by atoms with E-state index in [4.69, 9.17) is 10.8 Å². The van der Waals surface area contributed by atoms with Gasteiger partial charge in [0, 0.05) is 17.0 Å². The number of allylic oxidation sites excluding steroid dienone is 1. The highest BCUT2D eigenvalue weighted by atomic mass is 79.9. The van der Waals surface area contributed by atoms with Gasteiger partial charge in [-0.15, -0.1) is 0 Å². The number of aliphatic hydroxyl groups is 1. The molecule has 4 N–H and O–H groups in total. The predicted molar refractivity (Wildman–Crippen MR) is 69.8 cm³/mol. The topological polar surface area (TPSA) is 127 Å². The van der Waals surface area contributed by atoms with E-state index < -0.39 is 27.1 Å². The maximum absolute atomic E-state index is 10.8. The molecule has 0 heterocycles. The van der Waals surface area contributed by atoms with Crippen LogP contribution >= 0.6 is 31.9 Å². The number of carbonyl (C=O) groups is 1. The van der Waals surface area contributed by atoms with Crippen molar-refractivity contribution >= 4 is 37.8 Å². The number of carboxylic acid groups (broad SMARTS) is 1. The van der Waals surface area contributed by atoms with E-state index >= 15 is 0 Å². The monoisotopic (exact) mass is 384 g/mol. The van der Waals surface area contributed by atoms with Crippen molar-refractivity contribution in [1.82, 2.24) is 0 Å². The van der Waals surface area contributed by atoms with Crippen LogP contribution in [0.3, 0.4) is 0 Å². The van der Waals surface area contributed by atoms with Crippen molar-refractivity contribution in [2.45, 2.75) is 23.4 Å². The lowest BCUT2D eigenvalue weighted by Gasteiger charge is -2.24. The van der Waals surface area contributed by atoms with Crippen LogP contribution in [-0.2, 0) is 4.79 Å². The first kappa shape index (κ1) is 15.3. The van der Waals surface area contributed by atoms with Crippen LogP contribution in [0.1, 0.15) is 12.8 Å². The lowest BCUT2D eigenvalue weighted by molar-refractivity contribution is -0.438. The number of nitrogens with zero attached hydrogens (tertiary/aromatic N) is 1. The van der Waals surface area contributed by atoms with Crippen LogP contribution in [0.2, 0.25) is 0 Å². The minimum atomic E-state index is -1.77. The summed E-state index contributed by atoms with van der Waals surface area (Å²) in [6.45, 7) is 0. The van der Waals surface area contributed by atoms with Crippen LogP contribution in [0.15, 0.2) is 21.8 Å². The van der Waals surface area contributed by atoms with Gasteiger partial charge in [-0.1, -0.05) is 15.9 Å². The summed E-state index contributed by atoms with van der Waals surface area (Å²) in [5.41, 5.74) is 5.31. The molecule has 0 aliphatic heterocycles. The van der Waals surface area contributed by atoms with Crippen molar-refractivity contribution in [3.05, 3.63) is 31.9 Å². The molecule has 1 unspecified atom stereocenters. The largest absolute Gasteiger partial charge is 0.480 e. The molecule has 0 saturated carbocycles. The molecule has 0 spiro atoms. The molecular formula is C9H10Br2N2O5. The summed E-state index contributed by atoms with van der Waals surface area (Å²) in [7, 11) is 0. The first-order valence-corrected chi connectivity index (χ1v) is 6.37. The van der Waals surface area contributed by atoms with Crippen molar-refractivity contribution in [3.8, 4) is 0 Å². The number of rotatable bonds is 4. The molecular weight excluding hydrogens is 376 g/mol. The quantitative estimate of drug-likeness (QED) is 0.377. The van der Waals surface area contributed by atoms with Crippen LogP contribution in [0.4, 0.5) is 0 Å². The maximum Gasteiger partial charge on any atom is 0.320 e. The Morgan fingerprint density at radius 1 is 1.72 bits per heavy atom. The molecule has 7 nitrogen and oxygen atoms in total. The summed E-state index contributed by atoms with van der Waals surface area (Å²) in [5, 5.41) is 29.3. The molecule has 9 heteroatoms. The number of aliphatic carboxylic acids is 1. The highest BCUT2D eigenvalue weighted by Crippen LogP contribution is 2.40.